The van der Waals surface area contributed by atoms with Gasteiger partial charge in [-0.1, -0.05) is 17.3 Å². The number of imidazole rings is 1. The fourth-order valence-corrected chi connectivity index (χ4v) is 2.48. The van der Waals surface area contributed by atoms with Crippen molar-refractivity contribution >= 4 is 16.9 Å². The summed E-state index contributed by atoms with van der Waals surface area (Å²) in [7, 11) is 0. The zero-order chi connectivity index (χ0) is 15.5. The second-order valence-electron chi connectivity index (χ2n) is 5.23. The molecule has 0 saturated carbocycles. The van der Waals surface area contributed by atoms with Crippen molar-refractivity contribution in [3.63, 3.8) is 0 Å². The average Bonchev–Trinajstić information content (AvgIpc) is 3.07. The predicted molar refractivity (Wildman–Crippen MR) is 82.7 cm³/mol. The number of hydrogen-bond donors (Lipinski definition) is 1. The van der Waals surface area contributed by atoms with E-state index in [0.29, 0.717) is 18.0 Å². The van der Waals surface area contributed by atoms with Crippen LogP contribution in [0.5, 0.6) is 0 Å². The Morgan fingerprint density at radius 3 is 2.91 bits per heavy atom. The van der Waals surface area contributed by atoms with Gasteiger partial charge in [0, 0.05) is 19.2 Å². The van der Waals surface area contributed by atoms with E-state index in [0.717, 1.165) is 29.8 Å². The number of aryl methyl sites for hydroxylation is 3. The molecule has 3 rings (SSSR count). The van der Waals surface area contributed by atoms with Crippen molar-refractivity contribution in [2.45, 2.75) is 26.8 Å². The molecule has 2 aromatic heterocycles. The first-order chi connectivity index (χ1) is 10.6. The van der Waals surface area contributed by atoms with Gasteiger partial charge in [-0.25, -0.2) is 4.98 Å². The summed E-state index contributed by atoms with van der Waals surface area (Å²) in [5.74, 6) is 1.41. The lowest BCUT2D eigenvalue weighted by molar-refractivity contribution is 0.0943. The van der Waals surface area contributed by atoms with E-state index in [9.17, 15) is 4.79 Å². The van der Waals surface area contributed by atoms with Gasteiger partial charge in [0.1, 0.15) is 11.6 Å². The second kappa shape index (κ2) is 6.01. The summed E-state index contributed by atoms with van der Waals surface area (Å²) in [5.41, 5.74) is 2.45. The van der Waals surface area contributed by atoms with E-state index in [-0.39, 0.29) is 5.91 Å². The maximum atomic E-state index is 11.8. The highest BCUT2D eigenvalue weighted by Gasteiger charge is 2.10. The molecule has 1 N–H and O–H groups in total. The normalized spacial score (nSPS) is 11.0. The largest absolute Gasteiger partial charge is 0.361 e. The smallest absolute Gasteiger partial charge is 0.273 e. The number of amides is 1. The number of aromatic nitrogens is 3. The molecule has 0 aliphatic rings. The van der Waals surface area contributed by atoms with Gasteiger partial charge >= 0.3 is 0 Å². The number of rotatable bonds is 5. The van der Waals surface area contributed by atoms with Crippen molar-refractivity contribution in [1.82, 2.24) is 20.0 Å². The van der Waals surface area contributed by atoms with Crippen molar-refractivity contribution in [1.29, 1.82) is 0 Å². The Bertz CT molecular complexity index is 803. The summed E-state index contributed by atoms with van der Waals surface area (Å²) in [6.07, 6.45) is 0.823. The molecule has 0 aliphatic carbocycles. The van der Waals surface area contributed by atoms with Crippen molar-refractivity contribution in [3.8, 4) is 0 Å². The van der Waals surface area contributed by atoms with Crippen LogP contribution in [-0.4, -0.2) is 27.2 Å². The fourth-order valence-electron chi connectivity index (χ4n) is 2.48. The summed E-state index contributed by atoms with van der Waals surface area (Å²) in [4.78, 5) is 16.4. The third-order valence-corrected chi connectivity index (χ3v) is 3.55. The molecule has 3 aromatic rings. The van der Waals surface area contributed by atoms with Gasteiger partial charge in [-0.2, -0.15) is 0 Å². The highest BCUT2D eigenvalue weighted by Crippen LogP contribution is 2.15. The van der Waals surface area contributed by atoms with Gasteiger partial charge in [0.25, 0.3) is 5.91 Å². The first-order valence-electron chi connectivity index (χ1n) is 7.28. The van der Waals surface area contributed by atoms with Crippen LogP contribution in [0.15, 0.2) is 34.9 Å². The third kappa shape index (κ3) is 2.86. The Balaban J connectivity index is 1.56. The van der Waals surface area contributed by atoms with Crippen LogP contribution >= 0.6 is 0 Å². The zero-order valence-electron chi connectivity index (χ0n) is 12.7. The van der Waals surface area contributed by atoms with E-state index >= 15 is 0 Å². The van der Waals surface area contributed by atoms with E-state index in [4.69, 9.17) is 4.52 Å². The molecular formula is C16H18N4O2. The van der Waals surface area contributed by atoms with Gasteiger partial charge in [-0.15, -0.1) is 0 Å². The van der Waals surface area contributed by atoms with Crippen LogP contribution in [-0.2, 0) is 6.54 Å². The van der Waals surface area contributed by atoms with Gasteiger partial charge < -0.3 is 14.4 Å². The molecule has 0 saturated heterocycles. The monoisotopic (exact) mass is 298 g/mol. The second-order valence-corrected chi connectivity index (χ2v) is 5.23. The molecule has 1 amide bonds. The molecule has 0 bridgehead atoms. The summed E-state index contributed by atoms with van der Waals surface area (Å²) in [6.45, 7) is 5.15. The lowest BCUT2D eigenvalue weighted by atomic mass is 10.3. The molecule has 22 heavy (non-hydrogen) atoms. The van der Waals surface area contributed by atoms with Crippen molar-refractivity contribution in [2.24, 2.45) is 0 Å². The van der Waals surface area contributed by atoms with Gasteiger partial charge in [0.15, 0.2) is 5.69 Å². The Morgan fingerprint density at radius 1 is 1.32 bits per heavy atom. The van der Waals surface area contributed by atoms with Gasteiger partial charge in [-0.05, 0) is 32.4 Å². The molecule has 0 unspecified atom stereocenters. The minimum absolute atomic E-state index is 0.205. The Hall–Kier alpha value is -2.63. The highest BCUT2D eigenvalue weighted by atomic mass is 16.5. The van der Waals surface area contributed by atoms with Crippen LogP contribution < -0.4 is 5.32 Å². The Morgan fingerprint density at radius 2 is 2.14 bits per heavy atom. The minimum atomic E-state index is -0.205. The molecule has 0 spiro atoms. The molecule has 2 heterocycles. The summed E-state index contributed by atoms with van der Waals surface area (Å²) >= 11 is 0. The summed E-state index contributed by atoms with van der Waals surface area (Å²) < 4.78 is 7.06. The molecule has 6 nitrogen and oxygen atoms in total. The average molecular weight is 298 g/mol. The molecule has 6 heteroatoms. The van der Waals surface area contributed by atoms with Gasteiger partial charge in [0.2, 0.25) is 0 Å². The first kappa shape index (κ1) is 14.3. The van der Waals surface area contributed by atoms with Crippen LogP contribution in [0.3, 0.4) is 0 Å². The van der Waals surface area contributed by atoms with E-state index < -0.39 is 0 Å². The van der Waals surface area contributed by atoms with Crippen molar-refractivity contribution in [2.75, 3.05) is 6.54 Å². The summed E-state index contributed by atoms with van der Waals surface area (Å²) in [5, 5.41) is 6.54. The molecule has 0 radical (unpaired) electrons. The fraction of sp³-hybridized carbons (Fsp3) is 0.312. The lowest BCUT2D eigenvalue weighted by Crippen LogP contribution is -2.25. The van der Waals surface area contributed by atoms with Crippen molar-refractivity contribution in [3.05, 3.63) is 47.6 Å². The van der Waals surface area contributed by atoms with E-state index in [1.807, 2.05) is 25.1 Å². The first-order valence-corrected chi connectivity index (χ1v) is 7.28. The van der Waals surface area contributed by atoms with Gasteiger partial charge in [-0.3, -0.25) is 4.79 Å². The van der Waals surface area contributed by atoms with Crippen LogP contribution in [0.2, 0.25) is 0 Å². The molecular weight excluding hydrogens is 280 g/mol. The third-order valence-electron chi connectivity index (χ3n) is 3.55. The molecule has 0 atom stereocenters. The Labute approximate surface area is 128 Å². The number of nitrogens with one attached hydrogen (secondary N) is 1. The number of carbonyl (C=O) groups is 1. The molecule has 0 aliphatic heterocycles. The van der Waals surface area contributed by atoms with Crippen LogP contribution in [0, 0.1) is 13.8 Å². The standard InChI is InChI=1S/C16H18N4O2/c1-11-10-14(19-22-11)16(21)17-8-5-9-20-12(2)18-13-6-3-4-7-15(13)20/h3-4,6-7,10H,5,8-9H2,1-2H3,(H,17,21). The minimum Gasteiger partial charge on any atom is -0.361 e. The maximum absolute atomic E-state index is 11.8. The van der Waals surface area contributed by atoms with Crippen LogP contribution in [0.4, 0.5) is 0 Å². The van der Waals surface area contributed by atoms with E-state index in [2.05, 4.69) is 26.1 Å². The quantitative estimate of drug-likeness (QED) is 0.734. The van der Waals surface area contributed by atoms with Crippen LogP contribution in [0.1, 0.15) is 28.5 Å². The SMILES string of the molecule is Cc1cc(C(=O)NCCCn2c(C)nc3ccccc32)no1. The number of carbonyl (C=O) groups excluding carboxylic acids is 1. The molecule has 114 valence electrons. The number of hydrogen-bond acceptors (Lipinski definition) is 4. The number of nitrogens with zero attached hydrogens (tertiary/aromatic N) is 3. The number of fused-ring (bicyclic) bond motifs is 1. The number of para-hydroxylation sites is 2. The highest BCUT2D eigenvalue weighted by molar-refractivity contribution is 5.92. The van der Waals surface area contributed by atoms with Gasteiger partial charge in [0.05, 0.1) is 11.0 Å². The van der Waals surface area contributed by atoms with Crippen molar-refractivity contribution < 1.29 is 9.32 Å². The molecule has 1 aromatic carbocycles. The molecule has 0 fully saturated rings. The zero-order valence-corrected chi connectivity index (χ0v) is 12.7. The Kier molecular flexibility index (Phi) is 3.91. The van der Waals surface area contributed by atoms with E-state index in [1.54, 1.807) is 13.0 Å². The number of benzene rings is 1. The maximum Gasteiger partial charge on any atom is 0.273 e. The lowest BCUT2D eigenvalue weighted by Gasteiger charge is -2.07. The topological polar surface area (TPSA) is 73.0 Å². The van der Waals surface area contributed by atoms with Crippen LogP contribution in [0.25, 0.3) is 11.0 Å². The van der Waals surface area contributed by atoms with E-state index in [1.165, 1.54) is 0 Å². The summed E-state index contributed by atoms with van der Waals surface area (Å²) in [6, 6.07) is 9.69. The predicted octanol–water partition coefficient (Wildman–Crippen LogP) is 2.46.